The van der Waals surface area contributed by atoms with E-state index < -0.39 is 5.97 Å². The SMILES string of the molecule is Cc1oc(-c2cccs2)nc1COC(=O)c1cnn(-c2ccccn2)c1C. The standard InChI is InChI=1S/C19H16N4O3S/c1-12-14(10-21-23(12)17-7-3-4-8-20-17)19(24)25-11-15-13(2)26-18(22-15)16-6-5-9-27-16/h3-10H,11H2,1-2H3. The highest BCUT2D eigenvalue weighted by Gasteiger charge is 2.19. The number of carbonyl (C=O) groups is 1. The van der Waals surface area contributed by atoms with Crippen molar-refractivity contribution in [3.8, 4) is 16.6 Å². The quantitative estimate of drug-likeness (QED) is 0.487. The minimum Gasteiger partial charge on any atom is -0.455 e. The Bertz CT molecular complexity index is 1070. The van der Waals surface area contributed by atoms with Crippen molar-refractivity contribution < 1.29 is 13.9 Å². The van der Waals surface area contributed by atoms with Crippen LogP contribution in [0, 0.1) is 13.8 Å². The molecule has 0 aliphatic heterocycles. The van der Waals surface area contributed by atoms with Gasteiger partial charge < -0.3 is 9.15 Å². The largest absolute Gasteiger partial charge is 0.455 e. The van der Waals surface area contributed by atoms with Crippen LogP contribution < -0.4 is 0 Å². The lowest BCUT2D eigenvalue weighted by Crippen LogP contribution is -2.08. The van der Waals surface area contributed by atoms with Gasteiger partial charge in [0.15, 0.2) is 5.82 Å². The number of aryl methyl sites for hydroxylation is 1. The summed E-state index contributed by atoms with van der Waals surface area (Å²) in [6.45, 7) is 3.64. The van der Waals surface area contributed by atoms with Gasteiger partial charge in [0.25, 0.3) is 0 Å². The summed E-state index contributed by atoms with van der Waals surface area (Å²) in [6, 6.07) is 9.37. The Morgan fingerprint density at radius 2 is 2.15 bits per heavy atom. The summed E-state index contributed by atoms with van der Waals surface area (Å²) in [5.41, 5.74) is 1.65. The van der Waals surface area contributed by atoms with Crippen molar-refractivity contribution in [1.29, 1.82) is 0 Å². The molecular weight excluding hydrogens is 364 g/mol. The van der Waals surface area contributed by atoms with E-state index in [0.29, 0.717) is 34.4 Å². The monoisotopic (exact) mass is 380 g/mol. The third kappa shape index (κ3) is 3.39. The van der Waals surface area contributed by atoms with E-state index in [1.165, 1.54) is 6.20 Å². The molecule has 0 unspecified atom stereocenters. The lowest BCUT2D eigenvalue weighted by Gasteiger charge is -2.05. The number of pyridine rings is 1. The van der Waals surface area contributed by atoms with Crippen molar-refractivity contribution in [2.75, 3.05) is 0 Å². The molecule has 4 rings (SSSR count). The summed E-state index contributed by atoms with van der Waals surface area (Å²) in [4.78, 5) is 22.1. The van der Waals surface area contributed by atoms with Crippen LogP contribution in [0.25, 0.3) is 16.6 Å². The average molecular weight is 380 g/mol. The fourth-order valence-electron chi connectivity index (χ4n) is 2.60. The van der Waals surface area contributed by atoms with Gasteiger partial charge >= 0.3 is 5.97 Å². The van der Waals surface area contributed by atoms with E-state index in [-0.39, 0.29) is 6.61 Å². The van der Waals surface area contributed by atoms with Crippen LogP contribution in [-0.4, -0.2) is 25.7 Å². The first-order valence-electron chi connectivity index (χ1n) is 8.27. The molecular formula is C19H16N4O3S. The molecule has 27 heavy (non-hydrogen) atoms. The minimum absolute atomic E-state index is 0.0355. The molecule has 0 saturated heterocycles. The molecule has 0 fully saturated rings. The van der Waals surface area contributed by atoms with Gasteiger partial charge in [0.2, 0.25) is 5.89 Å². The Morgan fingerprint density at radius 1 is 1.26 bits per heavy atom. The highest BCUT2D eigenvalue weighted by Crippen LogP contribution is 2.26. The molecule has 0 amide bonds. The van der Waals surface area contributed by atoms with Crippen molar-refractivity contribution >= 4 is 17.3 Å². The van der Waals surface area contributed by atoms with Crippen molar-refractivity contribution in [2.45, 2.75) is 20.5 Å². The number of thiophene rings is 1. The molecule has 0 atom stereocenters. The van der Waals surface area contributed by atoms with Crippen LogP contribution in [0.3, 0.4) is 0 Å². The van der Waals surface area contributed by atoms with Crippen molar-refractivity contribution in [3.05, 3.63) is 70.8 Å². The van der Waals surface area contributed by atoms with Gasteiger partial charge in [-0.05, 0) is 37.4 Å². The van der Waals surface area contributed by atoms with Gasteiger partial charge in [-0.15, -0.1) is 11.3 Å². The minimum atomic E-state index is -0.463. The van der Waals surface area contributed by atoms with Gasteiger partial charge in [-0.1, -0.05) is 12.1 Å². The van der Waals surface area contributed by atoms with E-state index >= 15 is 0 Å². The molecule has 0 saturated carbocycles. The van der Waals surface area contributed by atoms with Gasteiger partial charge in [0.1, 0.15) is 23.6 Å². The molecule has 4 heterocycles. The van der Waals surface area contributed by atoms with Gasteiger partial charge in [0.05, 0.1) is 16.8 Å². The third-order valence-electron chi connectivity index (χ3n) is 4.06. The molecule has 7 nitrogen and oxygen atoms in total. The van der Waals surface area contributed by atoms with Crippen LogP contribution in [0.2, 0.25) is 0 Å². The lowest BCUT2D eigenvalue weighted by atomic mass is 10.2. The Hall–Kier alpha value is -3.26. The summed E-state index contributed by atoms with van der Waals surface area (Å²) in [5.74, 6) is 1.34. The van der Waals surface area contributed by atoms with E-state index in [2.05, 4.69) is 15.1 Å². The fourth-order valence-corrected chi connectivity index (χ4v) is 3.25. The summed E-state index contributed by atoms with van der Waals surface area (Å²) in [6.07, 6.45) is 3.16. The van der Waals surface area contributed by atoms with Gasteiger partial charge in [0, 0.05) is 6.20 Å². The summed E-state index contributed by atoms with van der Waals surface area (Å²) in [7, 11) is 0. The highest BCUT2D eigenvalue weighted by atomic mass is 32.1. The van der Waals surface area contributed by atoms with Crippen LogP contribution in [0.1, 0.15) is 27.5 Å². The Labute approximate surface area is 159 Å². The predicted molar refractivity (Wildman–Crippen MR) is 99.8 cm³/mol. The molecule has 4 aromatic heterocycles. The molecule has 0 aromatic carbocycles. The normalized spacial score (nSPS) is 10.9. The maximum atomic E-state index is 12.5. The van der Waals surface area contributed by atoms with Crippen LogP contribution in [0.5, 0.6) is 0 Å². The molecule has 0 N–H and O–H groups in total. The number of rotatable bonds is 5. The molecule has 136 valence electrons. The third-order valence-corrected chi connectivity index (χ3v) is 4.92. The molecule has 0 bridgehead atoms. The topological polar surface area (TPSA) is 83.0 Å². The van der Waals surface area contributed by atoms with E-state index in [0.717, 1.165) is 4.88 Å². The van der Waals surface area contributed by atoms with Crippen LogP contribution in [0.15, 0.2) is 52.5 Å². The molecule has 8 heteroatoms. The van der Waals surface area contributed by atoms with E-state index in [4.69, 9.17) is 9.15 Å². The predicted octanol–water partition coefficient (Wildman–Crippen LogP) is 3.96. The first-order valence-corrected chi connectivity index (χ1v) is 9.15. The summed E-state index contributed by atoms with van der Waals surface area (Å²) in [5, 5.41) is 6.19. The number of aromatic nitrogens is 4. The lowest BCUT2D eigenvalue weighted by molar-refractivity contribution is 0.0466. The van der Waals surface area contributed by atoms with Crippen LogP contribution in [-0.2, 0) is 11.3 Å². The average Bonchev–Trinajstić information content (AvgIpc) is 3.41. The zero-order chi connectivity index (χ0) is 18.8. The van der Waals surface area contributed by atoms with Crippen LogP contribution >= 0.6 is 11.3 Å². The molecule has 0 spiro atoms. The molecule has 0 aliphatic carbocycles. The second-order valence-electron chi connectivity index (χ2n) is 5.82. The number of hydrogen-bond acceptors (Lipinski definition) is 7. The maximum Gasteiger partial charge on any atom is 0.342 e. The summed E-state index contributed by atoms with van der Waals surface area (Å²) >= 11 is 1.54. The first kappa shape index (κ1) is 17.2. The summed E-state index contributed by atoms with van der Waals surface area (Å²) < 4.78 is 12.7. The fraction of sp³-hybridized carbons (Fsp3) is 0.158. The van der Waals surface area contributed by atoms with Crippen LogP contribution in [0.4, 0.5) is 0 Å². The number of carbonyl (C=O) groups excluding carboxylic acids is 1. The zero-order valence-corrected chi connectivity index (χ0v) is 15.6. The Kier molecular flexibility index (Phi) is 4.55. The van der Waals surface area contributed by atoms with Crippen molar-refractivity contribution in [2.24, 2.45) is 0 Å². The van der Waals surface area contributed by atoms with Gasteiger partial charge in [-0.25, -0.2) is 19.4 Å². The van der Waals surface area contributed by atoms with E-state index in [9.17, 15) is 4.79 Å². The second-order valence-corrected chi connectivity index (χ2v) is 6.77. The van der Waals surface area contributed by atoms with E-state index in [1.54, 1.807) is 36.1 Å². The Balaban J connectivity index is 1.49. The maximum absolute atomic E-state index is 12.5. The number of hydrogen-bond donors (Lipinski definition) is 0. The first-order chi connectivity index (χ1) is 13.1. The van der Waals surface area contributed by atoms with Gasteiger partial charge in [-0.2, -0.15) is 5.10 Å². The second kappa shape index (κ2) is 7.16. The van der Waals surface area contributed by atoms with E-state index in [1.807, 2.05) is 35.7 Å². The highest BCUT2D eigenvalue weighted by molar-refractivity contribution is 7.13. The smallest absolute Gasteiger partial charge is 0.342 e. The Morgan fingerprint density at radius 3 is 2.89 bits per heavy atom. The van der Waals surface area contributed by atoms with Crippen molar-refractivity contribution in [3.63, 3.8) is 0 Å². The zero-order valence-electron chi connectivity index (χ0n) is 14.7. The number of esters is 1. The number of oxazole rings is 1. The molecule has 0 aliphatic rings. The molecule has 4 aromatic rings. The number of nitrogens with zero attached hydrogens (tertiary/aromatic N) is 4. The molecule has 0 radical (unpaired) electrons. The van der Waals surface area contributed by atoms with Gasteiger partial charge in [-0.3, -0.25) is 0 Å². The number of ether oxygens (including phenoxy) is 1. The van der Waals surface area contributed by atoms with Crippen molar-refractivity contribution in [1.82, 2.24) is 19.7 Å².